The van der Waals surface area contributed by atoms with Gasteiger partial charge >= 0.3 is 5.97 Å². The summed E-state index contributed by atoms with van der Waals surface area (Å²) in [5.41, 5.74) is -0.667. The number of carboxylic acid groups (broad SMARTS) is 1. The van der Waals surface area contributed by atoms with E-state index in [2.05, 4.69) is 4.90 Å². The van der Waals surface area contributed by atoms with Gasteiger partial charge in [-0.3, -0.25) is 9.69 Å². The lowest BCUT2D eigenvalue weighted by molar-refractivity contribution is -0.153. The van der Waals surface area contributed by atoms with Gasteiger partial charge in [-0.1, -0.05) is 0 Å². The molecule has 0 spiro atoms. The molecule has 2 rings (SSSR count). The van der Waals surface area contributed by atoms with Gasteiger partial charge in [-0.2, -0.15) is 0 Å². The molecule has 2 fully saturated rings. The summed E-state index contributed by atoms with van der Waals surface area (Å²) in [6.07, 6.45) is 4.39. The third-order valence-electron chi connectivity index (χ3n) is 3.93. The molecule has 2 aliphatic rings. The maximum Gasteiger partial charge on any atom is 0.324 e. The van der Waals surface area contributed by atoms with Crippen LogP contribution in [-0.4, -0.2) is 47.8 Å². The highest BCUT2D eigenvalue weighted by molar-refractivity contribution is 5.79. The van der Waals surface area contributed by atoms with Gasteiger partial charge in [0.25, 0.3) is 0 Å². The Hall–Kier alpha value is -0.610. The lowest BCUT2D eigenvalue weighted by atomic mass is 9.93. The van der Waals surface area contributed by atoms with E-state index >= 15 is 0 Å². The molecular weight excluding hydrogens is 206 g/mol. The van der Waals surface area contributed by atoms with Gasteiger partial charge in [0.05, 0.1) is 6.61 Å². The predicted octanol–water partition coefficient (Wildman–Crippen LogP) is 1.35. The number of carboxylic acids is 1. The van der Waals surface area contributed by atoms with Crippen LogP contribution in [0.5, 0.6) is 0 Å². The zero-order chi connectivity index (χ0) is 11.8. The molecule has 0 saturated heterocycles. The van der Waals surface area contributed by atoms with Crippen LogP contribution in [0.2, 0.25) is 0 Å². The summed E-state index contributed by atoms with van der Waals surface area (Å²) in [6, 6.07) is 0.469. The summed E-state index contributed by atoms with van der Waals surface area (Å²) in [4.78, 5) is 13.7. The van der Waals surface area contributed by atoms with Crippen molar-refractivity contribution < 1.29 is 14.6 Å². The van der Waals surface area contributed by atoms with Crippen LogP contribution in [0.4, 0.5) is 0 Å². The molecule has 92 valence electrons. The maximum absolute atomic E-state index is 11.6. The standard InChI is InChI=1S/C12H21NO3/c1-12(11(14)15,9-3-4-9)13(7-8-16-2)10-5-6-10/h9-10H,3-8H2,1-2H3,(H,14,15). The molecule has 0 aliphatic heterocycles. The molecular formula is C12H21NO3. The zero-order valence-corrected chi connectivity index (χ0v) is 10.1. The largest absolute Gasteiger partial charge is 0.480 e. The fraction of sp³-hybridized carbons (Fsp3) is 0.917. The van der Waals surface area contributed by atoms with Crippen molar-refractivity contribution in [3.63, 3.8) is 0 Å². The summed E-state index contributed by atoms with van der Waals surface area (Å²) < 4.78 is 5.09. The molecule has 4 heteroatoms. The molecule has 2 aliphatic carbocycles. The fourth-order valence-electron chi connectivity index (χ4n) is 2.55. The first-order valence-corrected chi connectivity index (χ1v) is 6.09. The topological polar surface area (TPSA) is 49.8 Å². The van der Waals surface area contributed by atoms with E-state index in [0.717, 1.165) is 32.2 Å². The second-order valence-electron chi connectivity index (χ2n) is 5.14. The van der Waals surface area contributed by atoms with Gasteiger partial charge in [-0.25, -0.2) is 0 Å². The highest BCUT2D eigenvalue weighted by Crippen LogP contribution is 2.46. The fourth-order valence-corrected chi connectivity index (χ4v) is 2.55. The Balaban J connectivity index is 2.10. The summed E-state index contributed by atoms with van der Waals surface area (Å²) >= 11 is 0. The van der Waals surface area contributed by atoms with E-state index in [1.807, 2.05) is 6.92 Å². The summed E-state index contributed by atoms with van der Waals surface area (Å²) in [5.74, 6) is -0.333. The smallest absolute Gasteiger partial charge is 0.324 e. The third-order valence-corrected chi connectivity index (χ3v) is 3.93. The van der Waals surface area contributed by atoms with Gasteiger partial charge < -0.3 is 9.84 Å². The van der Waals surface area contributed by atoms with Crippen LogP contribution >= 0.6 is 0 Å². The lowest BCUT2D eigenvalue weighted by Crippen LogP contribution is -2.56. The Morgan fingerprint density at radius 3 is 2.44 bits per heavy atom. The molecule has 0 heterocycles. The quantitative estimate of drug-likeness (QED) is 0.713. The third kappa shape index (κ3) is 2.09. The Morgan fingerprint density at radius 2 is 2.06 bits per heavy atom. The van der Waals surface area contributed by atoms with Crippen molar-refractivity contribution in [2.75, 3.05) is 20.3 Å². The van der Waals surface area contributed by atoms with E-state index in [4.69, 9.17) is 4.74 Å². The Morgan fingerprint density at radius 1 is 1.44 bits per heavy atom. The van der Waals surface area contributed by atoms with Crippen molar-refractivity contribution in [2.45, 2.75) is 44.2 Å². The lowest BCUT2D eigenvalue weighted by Gasteiger charge is -2.38. The average Bonchev–Trinajstić information content (AvgIpc) is 3.08. The molecule has 0 radical (unpaired) electrons. The molecule has 0 aromatic heterocycles. The number of rotatable bonds is 7. The number of aliphatic carboxylic acids is 1. The van der Waals surface area contributed by atoms with Crippen LogP contribution in [-0.2, 0) is 9.53 Å². The van der Waals surface area contributed by atoms with Crippen LogP contribution in [0.1, 0.15) is 32.6 Å². The van der Waals surface area contributed by atoms with E-state index in [1.54, 1.807) is 7.11 Å². The van der Waals surface area contributed by atoms with E-state index < -0.39 is 11.5 Å². The molecule has 2 saturated carbocycles. The number of hydrogen-bond acceptors (Lipinski definition) is 3. The van der Waals surface area contributed by atoms with Crippen molar-refractivity contribution in [2.24, 2.45) is 5.92 Å². The van der Waals surface area contributed by atoms with Gasteiger partial charge in [-0.15, -0.1) is 0 Å². The van der Waals surface area contributed by atoms with E-state index in [1.165, 1.54) is 0 Å². The van der Waals surface area contributed by atoms with Crippen LogP contribution in [0, 0.1) is 5.92 Å². The zero-order valence-electron chi connectivity index (χ0n) is 10.1. The van der Waals surface area contributed by atoms with Crippen molar-refractivity contribution in [3.8, 4) is 0 Å². The van der Waals surface area contributed by atoms with Crippen molar-refractivity contribution >= 4 is 5.97 Å². The van der Waals surface area contributed by atoms with Gasteiger partial charge in [0.15, 0.2) is 0 Å². The van der Waals surface area contributed by atoms with Crippen LogP contribution < -0.4 is 0 Å². The number of nitrogens with zero attached hydrogens (tertiary/aromatic N) is 1. The Labute approximate surface area is 96.6 Å². The second kappa shape index (κ2) is 4.34. The summed E-state index contributed by atoms with van der Waals surface area (Å²) in [7, 11) is 1.67. The van der Waals surface area contributed by atoms with Gasteiger partial charge in [0.2, 0.25) is 0 Å². The molecule has 0 amide bonds. The van der Waals surface area contributed by atoms with Crippen molar-refractivity contribution in [1.29, 1.82) is 0 Å². The number of carbonyl (C=O) groups is 1. The van der Waals surface area contributed by atoms with Crippen LogP contribution in [0.25, 0.3) is 0 Å². The second-order valence-corrected chi connectivity index (χ2v) is 5.14. The predicted molar refractivity (Wildman–Crippen MR) is 60.4 cm³/mol. The minimum Gasteiger partial charge on any atom is -0.480 e. The first-order valence-electron chi connectivity index (χ1n) is 6.09. The highest BCUT2D eigenvalue weighted by atomic mass is 16.5. The van der Waals surface area contributed by atoms with E-state index in [-0.39, 0.29) is 0 Å². The van der Waals surface area contributed by atoms with Crippen molar-refractivity contribution in [1.82, 2.24) is 4.90 Å². The molecule has 16 heavy (non-hydrogen) atoms. The Kier molecular flexibility index (Phi) is 3.22. The molecule has 0 aromatic rings. The van der Waals surface area contributed by atoms with Gasteiger partial charge in [0.1, 0.15) is 5.54 Å². The number of methoxy groups -OCH3 is 1. The van der Waals surface area contributed by atoms with E-state index in [0.29, 0.717) is 18.6 Å². The first-order chi connectivity index (χ1) is 7.60. The number of hydrogen-bond donors (Lipinski definition) is 1. The van der Waals surface area contributed by atoms with Crippen LogP contribution in [0.3, 0.4) is 0 Å². The normalized spacial score (nSPS) is 24.4. The first kappa shape index (κ1) is 11.9. The molecule has 1 unspecified atom stereocenters. The monoisotopic (exact) mass is 227 g/mol. The molecule has 1 N–H and O–H groups in total. The minimum atomic E-state index is -0.669. The van der Waals surface area contributed by atoms with Crippen molar-refractivity contribution in [3.05, 3.63) is 0 Å². The number of ether oxygens (including phenoxy) is 1. The molecule has 0 aromatic carbocycles. The van der Waals surface area contributed by atoms with Crippen LogP contribution in [0.15, 0.2) is 0 Å². The maximum atomic E-state index is 11.6. The Bertz CT molecular complexity index is 273. The summed E-state index contributed by atoms with van der Waals surface area (Å²) in [5, 5.41) is 9.51. The molecule has 4 nitrogen and oxygen atoms in total. The van der Waals surface area contributed by atoms with E-state index in [9.17, 15) is 9.90 Å². The molecule has 1 atom stereocenters. The molecule has 0 bridgehead atoms. The minimum absolute atomic E-state index is 0.336. The average molecular weight is 227 g/mol. The SMILES string of the molecule is COCCN(C1CC1)C(C)(C(=O)O)C1CC1. The van der Waals surface area contributed by atoms with Gasteiger partial charge in [-0.05, 0) is 38.5 Å². The summed E-state index contributed by atoms with van der Waals surface area (Å²) in [6.45, 7) is 3.24. The van der Waals surface area contributed by atoms with Gasteiger partial charge in [0, 0.05) is 19.7 Å². The highest BCUT2D eigenvalue weighted by Gasteiger charge is 2.54.